The van der Waals surface area contributed by atoms with E-state index in [0.29, 0.717) is 4.47 Å². The highest BCUT2D eigenvalue weighted by Gasteiger charge is 2.24. The lowest BCUT2D eigenvalue weighted by Gasteiger charge is -2.16. The molecule has 0 fully saturated rings. The highest BCUT2D eigenvalue weighted by molar-refractivity contribution is 9.10. The van der Waals surface area contributed by atoms with Crippen molar-refractivity contribution in [3.8, 4) is 0 Å². The van der Waals surface area contributed by atoms with Gasteiger partial charge in [0.05, 0.1) is 10.6 Å². The van der Waals surface area contributed by atoms with Gasteiger partial charge in [-0.1, -0.05) is 38.1 Å². The molecular formula is C15H19BrN2O3S. The van der Waals surface area contributed by atoms with Crippen molar-refractivity contribution in [3.63, 3.8) is 0 Å². The molecule has 0 aliphatic carbocycles. The zero-order valence-corrected chi connectivity index (χ0v) is 15.4. The normalized spacial score (nSPS) is 12.6. The summed E-state index contributed by atoms with van der Waals surface area (Å²) in [6, 6.07) is 5.13. The number of rotatable bonds is 4. The molecule has 120 valence electrons. The van der Waals surface area contributed by atoms with Gasteiger partial charge in [-0.25, -0.2) is 13.1 Å². The fourth-order valence-electron chi connectivity index (χ4n) is 2.08. The maximum atomic E-state index is 12.5. The van der Waals surface area contributed by atoms with Crippen LogP contribution in [0.5, 0.6) is 0 Å². The second-order valence-electron chi connectivity index (χ2n) is 6.15. The molecule has 0 aliphatic heterocycles. The lowest BCUT2D eigenvalue weighted by Crippen LogP contribution is -2.25. The fourth-order valence-corrected chi connectivity index (χ4v) is 4.14. The van der Waals surface area contributed by atoms with Gasteiger partial charge < -0.3 is 4.52 Å². The maximum absolute atomic E-state index is 12.5. The van der Waals surface area contributed by atoms with Crippen molar-refractivity contribution >= 4 is 26.0 Å². The molecule has 1 heterocycles. The van der Waals surface area contributed by atoms with E-state index in [2.05, 4.69) is 25.8 Å². The van der Waals surface area contributed by atoms with Crippen molar-refractivity contribution in [2.75, 3.05) is 0 Å². The summed E-state index contributed by atoms with van der Waals surface area (Å²) in [5.74, 6) is 0. The van der Waals surface area contributed by atoms with Crippen LogP contribution in [0.15, 0.2) is 38.4 Å². The quantitative estimate of drug-likeness (QED) is 0.871. The molecule has 0 bridgehead atoms. The average Bonchev–Trinajstić information content (AvgIpc) is 2.88. The smallest absolute Gasteiger partial charge is 0.242 e. The van der Waals surface area contributed by atoms with Crippen LogP contribution in [0.2, 0.25) is 0 Å². The minimum atomic E-state index is -3.62. The third kappa shape index (κ3) is 3.59. The molecule has 2 rings (SSSR count). The molecule has 0 unspecified atom stereocenters. The number of aromatic nitrogens is 1. The molecule has 0 saturated heterocycles. The summed E-state index contributed by atoms with van der Waals surface area (Å²) in [6.07, 6.45) is 1.48. The molecule has 0 amide bonds. The van der Waals surface area contributed by atoms with Crippen LogP contribution in [-0.4, -0.2) is 13.6 Å². The van der Waals surface area contributed by atoms with Crippen LogP contribution < -0.4 is 4.72 Å². The van der Waals surface area contributed by atoms with Crippen molar-refractivity contribution in [3.05, 3.63) is 45.8 Å². The van der Waals surface area contributed by atoms with Crippen LogP contribution in [0.1, 0.15) is 37.6 Å². The van der Waals surface area contributed by atoms with Crippen molar-refractivity contribution in [2.24, 2.45) is 0 Å². The van der Waals surface area contributed by atoms with Gasteiger partial charge in [-0.3, -0.25) is 0 Å². The van der Waals surface area contributed by atoms with E-state index >= 15 is 0 Å². The Labute approximate surface area is 139 Å². The number of nitrogens with zero attached hydrogens (tertiary/aromatic N) is 1. The summed E-state index contributed by atoms with van der Waals surface area (Å²) >= 11 is 3.33. The Kier molecular flexibility index (Phi) is 4.79. The second kappa shape index (κ2) is 6.14. The molecule has 1 aromatic heterocycles. The molecule has 0 radical (unpaired) electrons. The summed E-state index contributed by atoms with van der Waals surface area (Å²) in [5, 5.41) is 3.97. The second-order valence-corrected chi connectivity index (χ2v) is 8.68. The molecule has 1 N–H and O–H groups in total. The lowest BCUT2D eigenvalue weighted by molar-refractivity contribution is 0.393. The number of hydrogen-bond donors (Lipinski definition) is 1. The zero-order chi connectivity index (χ0) is 16.5. The monoisotopic (exact) mass is 386 g/mol. The number of benzene rings is 1. The fraction of sp³-hybridized carbons (Fsp3) is 0.400. The number of aryl methyl sites for hydroxylation is 1. The highest BCUT2D eigenvalue weighted by atomic mass is 79.9. The van der Waals surface area contributed by atoms with Crippen molar-refractivity contribution in [2.45, 2.75) is 44.6 Å². The summed E-state index contributed by atoms with van der Waals surface area (Å²) in [5.41, 5.74) is 2.14. The molecule has 0 aliphatic rings. The Morgan fingerprint density at radius 2 is 2.00 bits per heavy atom. The Hall–Kier alpha value is -1.18. The minimum absolute atomic E-state index is 0.138. The van der Waals surface area contributed by atoms with E-state index in [4.69, 9.17) is 4.52 Å². The van der Waals surface area contributed by atoms with E-state index in [1.165, 1.54) is 6.26 Å². The van der Waals surface area contributed by atoms with Gasteiger partial charge in [-0.2, -0.15) is 0 Å². The molecular weight excluding hydrogens is 368 g/mol. The SMILES string of the molecule is Cc1cccc(S(=O)(=O)NCc2conc2C(C)(C)C)c1Br. The van der Waals surface area contributed by atoms with Gasteiger partial charge in [-0.05, 0) is 34.5 Å². The Bertz CT molecular complexity index is 776. The molecule has 0 saturated carbocycles. The van der Waals surface area contributed by atoms with Crippen LogP contribution in [0.3, 0.4) is 0 Å². The Morgan fingerprint density at radius 3 is 2.64 bits per heavy atom. The van der Waals surface area contributed by atoms with Crippen LogP contribution in [-0.2, 0) is 22.0 Å². The standard InChI is InChI=1S/C15H19BrN2O3S/c1-10-6-5-7-12(13(10)16)22(19,20)17-8-11-9-21-18-14(11)15(2,3)4/h5-7,9,17H,8H2,1-4H3. The molecule has 0 atom stereocenters. The third-order valence-corrected chi connectivity index (χ3v) is 6.01. The molecule has 22 heavy (non-hydrogen) atoms. The maximum Gasteiger partial charge on any atom is 0.242 e. The first-order chi connectivity index (χ1) is 10.1. The third-order valence-electron chi connectivity index (χ3n) is 3.25. The lowest BCUT2D eigenvalue weighted by atomic mass is 9.90. The van der Waals surface area contributed by atoms with Crippen molar-refractivity contribution < 1.29 is 12.9 Å². The van der Waals surface area contributed by atoms with Gasteiger partial charge in [-0.15, -0.1) is 0 Å². The van der Waals surface area contributed by atoms with Gasteiger partial charge >= 0.3 is 0 Å². The van der Waals surface area contributed by atoms with E-state index < -0.39 is 10.0 Å². The van der Waals surface area contributed by atoms with Gasteiger partial charge in [0, 0.05) is 22.0 Å². The molecule has 5 nitrogen and oxygen atoms in total. The van der Waals surface area contributed by atoms with Crippen molar-refractivity contribution in [1.82, 2.24) is 9.88 Å². The van der Waals surface area contributed by atoms with Gasteiger partial charge in [0.2, 0.25) is 10.0 Å². The largest absolute Gasteiger partial charge is 0.364 e. The number of hydrogen-bond acceptors (Lipinski definition) is 4. The molecule has 7 heteroatoms. The molecule has 0 spiro atoms. The average molecular weight is 387 g/mol. The van der Waals surface area contributed by atoms with Crippen LogP contribution in [0.4, 0.5) is 0 Å². The summed E-state index contributed by atoms with van der Waals surface area (Å²) in [4.78, 5) is 0.223. The van der Waals surface area contributed by atoms with E-state index in [1.54, 1.807) is 12.1 Å². The van der Waals surface area contributed by atoms with E-state index in [1.807, 2.05) is 33.8 Å². The topological polar surface area (TPSA) is 72.2 Å². The van der Waals surface area contributed by atoms with Gasteiger partial charge in [0.15, 0.2) is 0 Å². The summed E-state index contributed by atoms with van der Waals surface area (Å²) in [7, 11) is -3.62. The van der Waals surface area contributed by atoms with E-state index in [-0.39, 0.29) is 16.9 Å². The first-order valence-corrected chi connectivity index (χ1v) is 9.09. The number of sulfonamides is 1. The minimum Gasteiger partial charge on any atom is -0.364 e. The molecule has 2 aromatic rings. The highest BCUT2D eigenvalue weighted by Crippen LogP contribution is 2.27. The van der Waals surface area contributed by atoms with Crippen LogP contribution in [0.25, 0.3) is 0 Å². The van der Waals surface area contributed by atoms with Crippen LogP contribution in [0, 0.1) is 6.92 Å². The Balaban J connectivity index is 2.25. The molecule has 1 aromatic carbocycles. The van der Waals surface area contributed by atoms with E-state index in [9.17, 15) is 8.42 Å². The first-order valence-electron chi connectivity index (χ1n) is 6.81. The predicted octanol–water partition coefficient (Wildman–Crippen LogP) is 3.52. The number of nitrogens with one attached hydrogen (secondary N) is 1. The summed E-state index contributed by atoms with van der Waals surface area (Å²) in [6.45, 7) is 7.99. The van der Waals surface area contributed by atoms with Crippen molar-refractivity contribution in [1.29, 1.82) is 0 Å². The summed E-state index contributed by atoms with van der Waals surface area (Å²) < 4.78 is 33.1. The zero-order valence-electron chi connectivity index (χ0n) is 13.0. The predicted molar refractivity (Wildman–Crippen MR) is 88.1 cm³/mol. The first kappa shape index (κ1) is 17.2. The van der Waals surface area contributed by atoms with Gasteiger partial charge in [0.1, 0.15) is 6.26 Å². The van der Waals surface area contributed by atoms with E-state index in [0.717, 1.165) is 16.8 Å². The van der Waals surface area contributed by atoms with Crippen LogP contribution >= 0.6 is 15.9 Å². The Morgan fingerprint density at radius 1 is 1.32 bits per heavy atom. The number of halogens is 1. The van der Waals surface area contributed by atoms with Gasteiger partial charge in [0.25, 0.3) is 0 Å².